The molecular weight excluding hydrogens is 238 g/mol. The summed E-state index contributed by atoms with van der Waals surface area (Å²) in [4.78, 5) is 0. The summed E-state index contributed by atoms with van der Waals surface area (Å²) in [6, 6.07) is 7.97. The molecule has 0 unspecified atom stereocenters. The first kappa shape index (κ1) is 13.6. The molecule has 0 aliphatic rings. The Balaban J connectivity index is 2.48. The molecule has 0 spiro atoms. The maximum Gasteiger partial charge on any atom is 0.121 e. The van der Waals surface area contributed by atoms with Crippen LogP contribution in [0.15, 0.2) is 30.5 Å². The lowest BCUT2D eigenvalue weighted by molar-refractivity contribution is 0.414. The highest BCUT2D eigenvalue weighted by molar-refractivity contribution is 5.41. The Morgan fingerprint density at radius 1 is 1.37 bits per heavy atom. The molecule has 0 aliphatic carbocycles. The fourth-order valence-electron chi connectivity index (χ4n) is 2.28. The van der Waals surface area contributed by atoms with Crippen LogP contribution in [0.1, 0.15) is 31.0 Å². The molecule has 19 heavy (non-hydrogen) atoms. The molecule has 0 radical (unpaired) electrons. The first-order valence-electron chi connectivity index (χ1n) is 6.53. The van der Waals surface area contributed by atoms with Crippen molar-refractivity contribution >= 4 is 0 Å². The lowest BCUT2D eigenvalue weighted by Gasteiger charge is -2.13. The molecule has 2 aromatic rings. The van der Waals surface area contributed by atoms with E-state index in [1.165, 1.54) is 11.3 Å². The van der Waals surface area contributed by atoms with E-state index in [2.05, 4.69) is 24.3 Å². The predicted octanol–water partition coefficient (Wildman–Crippen LogP) is 2.72. The van der Waals surface area contributed by atoms with Crippen LogP contribution in [0.4, 0.5) is 0 Å². The van der Waals surface area contributed by atoms with Gasteiger partial charge < -0.3 is 10.1 Å². The Morgan fingerprint density at radius 2 is 2.16 bits per heavy atom. The number of nitrogens with one attached hydrogen (secondary N) is 1. The Hall–Kier alpha value is -1.81. The van der Waals surface area contributed by atoms with Gasteiger partial charge in [-0.3, -0.25) is 0 Å². The van der Waals surface area contributed by atoms with Gasteiger partial charge in [-0.1, -0.05) is 19.9 Å². The summed E-state index contributed by atoms with van der Waals surface area (Å²) in [5.74, 6) is 1.26. The van der Waals surface area contributed by atoms with Crippen molar-refractivity contribution in [2.75, 3.05) is 14.2 Å². The average Bonchev–Trinajstić information content (AvgIpc) is 2.83. The van der Waals surface area contributed by atoms with Crippen LogP contribution in [0.25, 0.3) is 5.69 Å². The molecule has 102 valence electrons. The van der Waals surface area contributed by atoms with Gasteiger partial charge in [0.2, 0.25) is 0 Å². The van der Waals surface area contributed by atoms with Gasteiger partial charge in [-0.25, -0.2) is 4.68 Å². The highest BCUT2D eigenvalue weighted by atomic mass is 16.5. The van der Waals surface area contributed by atoms with Crippen molar-refractivity contribution in [1.29, 1.82) is 0 Å². The Morgan fingerprint density at radius 3 is 2.79 bits per heavy atom. The minimum atomic E-state index is 0.414. The van der Waals surface area contributed by atoms with Crippen LogP contribution in [-0.2, 0) is 6.54 Å². The van der Waals surface area contributed by atoms with Gasteiger partial charge in [-0.2, -0.15) is 5.10 Å². The maximum absolute atomic E-state index is 5.28. The number of hydrogen-bond donors (Lipinski definition) is 1. The number of hydrogen-bond acceptors (Lipinski definition) is 3. The summed E-state index contributed by atoms with van der Waals surface area (Å²) in [5, 5.41) is 7.71. The van der Waals surface area contributed by atoms with Gasteiger partial charge in [0.1, 0.15) is 5.75 Å². The smallest absolute Gasteiger partial charge is 0.121 e. The van der Waals surface area contributed by atoms with E-state index in [-0.39, 0.29) is 0 Å². The standard InChI is InChI=1S/C15H21N3O/c1-11(2)15-12(9-16-3)10-17-18(15)13-6-5-7-14(8-13)19-4/h5-8,10-11,16H,9H2,1-4H3. The van der Waals surface area contributed by atoms with Crippen molar-refractivity contribution in [3.63, 3.8) is 0 Å². The van der Waals surface area contributed by atoms with E-state index in [9.17, 15) is 0 Å². The van der Waals surface area contributed by atoms with Crippen LogP contribution in [0.2, 0.25) is 0 Å². The van der Waals surface area contributed by atoms with Crippen molar-refractivity contribution in [3.8, 4) is 11.4 Å². The lowest BCUT2D eigenvalue weighted by atomic mass is 10.1. The third kappa shape index (κ3) is 2.79. The molecule has 0 aliphatic heterocycles. The quantitative estimate of drug-likeness (QED) is 0.897. The molecule has 4 heteroatoms. The van der Waals surface area contributed by atoms with Crippen molar-refractivity contribution in [1.82, 2.24) is 15.1 Å². The highest BCUT2D eigenvalue weighted by Crippen LogP contribution is 2.24. The summed E-state index contributed by atoms with van der Waals surface area (Å²) in [6.07, 6.45) is 1.94. The van der Waals surface area contributed by atoms with E-state index in [1.54, 1.807) is 7.11 Å². The van der Waals surface area contributed by atoms with E-state index in [1.807, 2.05) is 42.2 Å². The molecule has 4 nitrogen and oxygen atoms in total. The third-order valence-electron chi connectivity index (χ3n) is 3.10. The SMILES string of the molecule is CNCc1cnn(-c2cccc(OC)c2)c1C(C)C. The minimum absolute atomic E-state index is 0.414. The van der Waals surface area contributed by atoms with Crippen molar-refractivity contribution in [2.45, 2.75) is 26.3 Å². The summed E-state index contributed by atoms with van der Waals surface area (Å²) in [7, 11) is 3.63. The van der Waals surface area contributed by atoms with Crippen LogP contribution >= 0.6 is 0 Å². The van der Waals surface area contributed by atoms with Gasteiger partial charge in [0.15, 0.2) is 0 Å². The van der Waals surface area contributed by atoms with Gasteiger partial charge in [-0.15, -0.1) is 0 Å². The Bertz CT molecular complexity index is 546. The number of methoxy groups -OCH3 is 1. The van der Waals surface area contributed by atoms with E-state index in [0.29, 0.717) is 5.92 Å². The van der Waals surface area contributed by atoms with Gasteiger partial charge in [0, 0.05) is 18.2 Å². The van der Waals surface area contributed by atoms with Crippen molar-refractivity contribution < 1.29 is 4.74 Å². The lowest BCUT2D eigenvalue weighted by Crippen LogP contribution is -2.10. The van der Waals surface area contributed by atoms with Crippen LogP contribution in [0.3, 0.4) is 0 Å². The maximum atomic E-state index is 5.28. The largest absolute Gasteiger partial charge is 0.497 e. The van der Waals surface area contributed by atoms with Crippen molar-refractivity contribution in [3.05, 3.63) is 41.7 Å². The van der Waals surface area contributed by atoms with Crippen LogP contribution < -0.4 is 10.1 Å². The normalized spacial score (nSPS) is 11.0. The van der Waals surface area contributed by atoms with E-state index >= 15 is 0 Å². The zero-order valence-corrected chi connectivity index (χ0v) is 12.0. The topological polar surface area (TPSA) is 39.1 Å². The third-order valence-corrected chi connectivity index (χ3v) is 3.10. The molecule has 0 saturated heterocycles. The average molecular weight is 259 g/mol. The highest BCUT2D eigenvalue weighted by Gasteiger charge is 2.15. The van der Waals surface area contributed by atoms with Crippen LogP contribution in [0, 0.1) is 0 Å². The second-order valence-corrected chi connectivity index (χ2v) is 4.85. The fourth-order valence-corrected chi connectivity index (χ4v) is 2.28. The molecule has 0 bridgehead atoms. The number of ether oxygens (including phenoxy) is 1. The Kier molecular flexibility index (Phi) is 4.22. The summed E-state index contributed by atoms with van der Waals surface area (Å²) in [5.41, 5.74) is 3.51. The zero-order valence-electron chi connectivity index (χ0n) is 12.0. The van der Waals surface area contributed by atoms with Gasteiger partial charge in [0.05, 0.1) is 24.7 Å². The first-order valence-corrected chi connectivity index (χ1v) is 6.53. The number of benzene rings is 1. The molecule has 0 saturated carbocycles. The van der Waals surface area contributed by atoms with Gasteiger partial charge in [-0.05, 0) is 25.1 Å². The molecule has 0 fully saturated rings. The number of rotatable bonds is 5. The van der Waals surface area contributed by atoms with E-state index in [4.69, 9.17) is 4.74 Å². The predicted molar refractivity (Wildman–Crippen MR) is 77.0 cm³/mol. The van der Waals surface area contributed by atoms with Crippen LogP contribution in [-0.4, -0.2) is 23.9 Å². The molecule has 1 heterocycles. The van der Waals surface area contributed by atoms with E-state index in [0.717, 1.165) is 18.0 Å². The summed E-state index contributed by atoms with van der Waals surface area (Å²) in [6.45, 7) is 5.21. The molecule has 0 atom stereocenters. The van der Waals surface area contributed by atoms with Gasteiger partial charge >= 0.3 is 0 Å². The Labute approximate surface area is 114 Å². The fraction of sp³-hybridized carbons (Fsp3) is 0.400. The number of aromatic nitrogens is 2. The molecule has 0 amide bonds. The molecule has 1 N–H and O–H groups in total. The molecule has 1 aromatic carbocycles. The second-order valence-electron chi connectivity index (χ2n) is 4.85. The van der Waals surface area contributed by atoms with E-state index < -0.39 is 0 Å². The summed E-state index contributed by atoms with van der Waals surface area (Å²) < 4.78 is 7.28. The van der Waals surface area contributed by atoms with Gasteiger partial charge in [0.25, 0.3) is 0 Å². The molecular formula is C15H21N3O. The number of nitrogens with zero attached hydrogens (tertiary/aromatic N) is 2. The van der Waals surface area contributed by atoms with Crippen molar-refractivity contribution in [2.24, 2.45) is 0 Å². The molecule has 1 aromatic heterocycles. The first-order chi connectivity index (χ1) is 9.17. The van der Waals surface area contributed by atoms with Crippen LogP contribution in [0.5, 0.6) is 5.75 Å². The zero-order chi connectivity index (χ0) is 13.8. The minimum Gasteiger partial charge on any atom is -0.497 e. The summed E-state index contributed by atoms with van der Waals surface area (Å²) >= 11 is 0. The second kappa shape index (κ2) is 5.89. The monoisotopic (exact) mass is 259 g/mol. The molecule has 2 rings (SSSR count).